The van der Waals surface area contributed by atoms with Gasteiger partial charge in [0.15, 0.2) is 0 Å². The number of aromatic nitrogens is 2. The van der Waals surface area contributed by atoms with E-state index in [-0.39, 0.29) is 6.10 Å². The van der Waals surface area contributed by atoms with Crippen molar-refractivity contribution in [3.05, 3.63) is 82.2 Å². The van der Waals surface area contributed by atoms with Crippen molar-refractivity contribution in [2.75, 3.05) is 0 Å². The van der Waals surface area contributed by atoms with E-state index in [0.29, 0.717) is 30.4 Å². The van der Waals surface area contributed by atoms with Crippen LogP contribution in [0.5, 0.6) is 0 Å². The first-order chi connectivity index (χ1) is 17.0. The summed E-state index contributed by atoms with van der Waals surface area (Å²) < 4.78 is 12.2. The molecule has 0 unspecified atom stereocenters. The van der Waals surface area contributed by atoms with Crippen molar-refractivity contribution in [1.29, 1.82) is 0 Å². The van der Waals surface area contributed by atoms with Gasteiger partial charge in [-0.15, -0.1) is 0 Å². The number of aliphatic hydroxyl groups is 1. The first-order valence-corrected chi connectivity index (χ1v) is 12.8. The summed E-state index contributed by atoms with van der Waals surface area (Å²) in [7, 11) is 0. The van der Waals surface area contributed by atoms with Crippen LogP contribution in [-0.4, -0.2) is 21.4 Å². The highest BCUT2D eigenvalue weighted by Crippen LogP contribution is 2.46. The lowest BCUT2D eigenvalue weighted by atomic mass is 9.78. The van der Waals surface area contributed by atoms with Gasteiger partial charge >= 0.3 is 0 Å². The summed E-state index contributed by atoms with van der Waals surface area (Å²) in [5.41, 5.74) is 4.82. The predicted molar refractivity (Wildman–Crippen MR) is 136 cm³/mol. The van der Waals surface area contributed by atoms with E-state index in [0.717, 1.165) is 70.3 Å². The number of nitrogens with zero attached hydrogens (tertiary/aromatic N) is 2. The average molecular weight is 489 g/mol. The summed E-state index contributed by atoms with van der Waals surface area (Å²) in [6.07, 6.45) is 7.02. The highest BCUT2D eigenvalue weighted by Gasteiger charge is 2.37. The van der Waals surface area contributed by atoms with Gasteiger partial charge in [0.25, 0.3) is 0 Å². The van der Waals surface area contributed by atoms with Crippen LogP contribution in [0.25, 0.3) is 22.2 Å². The molecule has 0 aliphatic heterocycles. The topological polar surface area (TPSA) is 68.4 Å². The molecule has 2 aromatic carbocycles. The van der Waals surface area contributed by atoms with E-state index in [1.165, 1.54) is 0 Å². The van der Waals surface area contributed by atoms with Gasteiger partial charge in [-0.25, -0.2) is 0 Å². The fraction of sp³-hybridized carbons (Fsp3) is 0.379. The number of ether oxygens (including phenoxy) is 1. The molecule has 6 rings (SSSR count). The zero-order valence-corrected chi connectivity index (χ0v) is 20.6. The average Bonchev–Trinajstić information content (AvgIpc) is 3.64. The van der Waals surface area contributed by atoms with E-state index in [1.54, 1.807) is 6.20 Å². The lowest BCUT2D eigenvalue weighted by Gasteiger charge is -2.36. The van der Waals surface area contributed by atoms with Gasteiger partial charge in [-0.1, -0.05) is 47.1 Å². The quantitative estimate of drug-likeness (QED) is 0.314. The smallest absolute Gasteiger partial charge is 0.145 e. The lowest BCUT2D eigenvalue weighted by Crippen LogP contribution is -2.34. The number of fused-ring (bicyclic) bond motifs is 1. The number of rotatable bonds is 6. The molecule has 2 heterocycles. The van der Waals surface area contributed by atoms with Crippen molar-refractivity contribution < 1.29 is 14.4 Å². The van der Waals surface area contributed by atoms with Gasteiger partial charge in [-0.05, 0) is 74.8 Å². The van der Waals surface area contributed by atoms with Gasteiger partial charge in [0.2, 0.25) is 0 Å². The molecule has 180 valence electrons. The zero-order chi connectivity index (χ0) is 24.0. The Morgan fingerprint density at radius 3 is 2.69 bits per heavy atom. The van der Waals surface area contributed by atoms with Gasteiger partial charge in [0.05, 0.1) is 28.9 Å². The van der Waals surface area contributed by atoms with E-state index in [1.807, 2.05) is 55.5 Å². The lowest BCUT2D eigenvalue weighted by molar-refractivity contribution is -0.0640. The SMILES string of the molecule is Cc1cccc(Cl)c1-c1noc(C2CC2)c1COC1CCC(O)(c2ccc3cccnc3c2)CC1. The van der Waals surface area contributed by atoms with Crippen LogP contribution in [0, 0.1) is 6.92 Å². The van der Waals surface area contributed by atoms with Crippen LogP contribution in [0.3, 0.4) is 0 Å². The maximum atomic E-state index is 11.4. The fourth-order valence-corrected chi connectivity index (χ4v) is 5.65. The molecule has 0 atom stereocenters. The first kappa shape index (κ1) is 22.7. The van der Waals surface area contributed by atoms with Crippen molar-refractivity contribution in [1.82, 2.24) is 10.1 Å². The Morgan fingerprint density at radius 1 is 1.09 bits per heavy atom. The van der Waals surface area contributed by atoms with Gasteiger partial charge in [-0.2, -0.15) is 0 Å². The van der Waals surface area contributed by atoms with Gasteiger partial charge in [-0.3, -0.25) is 4.98 Å². The van der Waals surface area contributed by atoms with E-state index in [9.17, 15) is 5.11 Å². The molecule has 2 aromatic heterocycles. The van der Waals surface area contributed by atoms with Gasteiger partial charge in [0, 0.05) is 28.6 Å². The summed E-state index contributed by atoms with van der Waals surface area (Å²) in [5.74, 6) is 1.37. The third-order valence-electron chi connectivity index (χ3n) is 7.59. The summed E-state index contributed by atoms with van der Waals surface area (Å²) in [6.45, 7) is 2.49. The Labute approximate surface area is 210 Å². The molecule has 2 aliphatic rings. The minimum absolute atomic E-state index is 0.0796. The van der Waals surface area contributed by atoms with Crippen molar-refractivity contribution in [3.8, 4) is 11.3 Å². The highest BCUT2D eigenvalue weighted by atomic mass is 35.5. The monoisotopic (exact) mass is 488 g/mol. The summed E-state index contributed by atoms with van der Waals surface area (Å²) >= 11 is 6.56. The molecule has 0 radical (unpaired) electrons. The molecule has 6 heteroatoms. The standard InChI is InChI=1S/C29H29ClN2O3/c1-18-4-2-6-24(30)26(18)27-23(28(35-32-27)20-7-8-20)17-34-22-11-13-29(33,14-12-22)21-10-9-19-5-3-15-31-25(19)16-21/h2-6,9-10,15-16,20,22,33H,7-8,11-14,17H2,1H3. The molecule has 0 bridgehead atoms. The number of halogens is 1. The molecule has 0 saturated heterocycles. The molecule has 2 fully saturated rings. The second-order valence-electron chi connectivity index (χ2n) is 10.0. The van der Waals surface area contributed by atoms with E-state index in [4.69, 9.17) is 20.9 Å². The van der Waals surface area contributed by atoms with Crippen molar-refractivity contribution in [2.24, 2.45) is 0 Å². The molecule has 0 amide bonds. The molecule has 35 heavy (non-hydrogen) atoms. The maximum Gasteiger partial charge on any atom is 0.145 e. The number of pyridine rings is 1. The van der Waals surface area contributed by atoms with Crippen LogP contribution in [-0.2, 0) is 16.9 Å². The van der Waals surface area contributed by atoms with Crippen LogP contribution in [0.15, 0.2) is 59.3 Å². The van der Waals surface area contributed by atoms with E-state index >= 15 is 0 Å². The summed E-state index contributed by atoms with van der Waals surface area (Å²) in [5, 5.41) is 17.6. The van der Waals surface area contributed by atoms with Crippen LogP contribution in [0.1, 0.15) is 66.9 Å². The van der Waals surface area contributed by atoms with Crippen molar-refractivity contribution in [3.63, 3.8) is 0 Å². The molecule has 2 saturated carbocycles. The van der Waals surface area contributed by atoms with Crippen LogP contribution >= 0.6 is 11.6 Å². The second kappa shape index (κ2) is 9.05. The minimum Gasteiger partial charge on any atom is -0.385 e. The molecule has 1 N–H and O–H groups in total. The molecule has 2 aliphatic carbocycles. The third-order valence-corrected chi connectivity index (χ3v) is 7.91. The molecular formula is C29H29ClN2O3. The Balaban J connectivity index is 1.18. The summed E-state index contributed by atoms with van der Waals surface area (Å²) in [6, 6.07) is 16.0. The molecule has 5 nitrogen and oxygen atoms in total. The molecule has 4 aromatic rings. The Morgan fingerprint density at radius 2 is 1.91 bits per heavy atom. The van der Waals surface area contributed by atoms with Crippen molar-refractivity contribution >= 4 is 22.5 Å². The minimum atomic E-state index is -0.845. The van der Waals surface area contributed by atoms with Gasteiger partial charge in [0.1, 0.15) is 11.5 Å². The van der Waals surface area contributed by atoms with Crippen molar-refractivity contribution in [2.45, 2.75) is 69.7 Å². The normalized spacial score (nSPS) is 22.5. The predicted octanol–water partition coefficient (Wildman–Crippen LogP) is 7.08. The summed E-state index contributed by atoms with van der Waals surface area (Å²) in [4.78, 5) is 4.45. The number of benzene rings is 2. The number of hydrogen-bond acceptors (Lipinski definition) is 5. The fourth-order valence-electron chi connectivity index (χ4n) is 5.34. The molecular weight excluding hydrogens is 460 g/mol. The van der Waals surface area contributed by atoms with Crippen LogP contribution in [0.2, 0.25) is 5.02 Å². The van der Waals surface area contributed by atoms with E-state index < -0.39 is 5.60 Å². The molecule has 0 spiro atoms. The van der Waals surface area contributed by atoms with Crippen LogP contribution < -0.4 is 0 Å². The Hall–Kier alpha value is -2.73. The van der Waals surface area contributed by atoms with Crippen LogP contribution in [0.4, 0.5) is 0 Å². The third kappa shape index (κ3) is 4.37. The second-order valence-corrected chi connectivity index (χ2v) is 10.4. The Bertz CT molecular complexity index is 1350. The maximum absolute atomic E-state index is 11.4. The number of hydrogen-bond donors (Lipinski definition) is 1. The Kier molecular flexibility index (Phi) is 5.87. The first-order valence-electron chi connectivity index (χ1n) is 12.4. The van der Waals surface area contributed by atoms with E-state index in [2.05, 4.69) is 10.1 Å². The zero-order valence-electron chi connectivity index (χ0n) is 19.8. The largest absolute Gasteiger partial charge is 0.385 e. The highest BCUT2D eigenvalue weighted by molar-refractivity contribution is 6.33. The number of aryl methyl sites for hydroxylation is 1. The van der Waals surface area contributed by atoms with Gasteiger partial charge < -0.3 is 14.4 Å².